The lowest BCUT2D eigenvalue weighted by Gasteiger charge is -2.11. The Hall–Kier alpha value is -0.830. The Morgan fingerprint density at radius 2 is 2.45 bits per heavy atom. The van der Waals surface area contributed by atoms with E-state index >= 15 is 0 Å². The number of rotatable bonds is 3. The van der Waals surface area contributed by atoms with Crippen molar-refractivity contribution >= 4 is 5.97 Å². The predicted molar refractivity (Wildman–Crippen MR) is 40.1 cm³/mol. The molecular weight excluding hydrogens is 144 g/mol. The van der Waals surface area contributed by atoms with Gasteiger partial charge in [0, 0.05) is 6.08 Å². The molecule has 0 aliphatic carbocycles. The summed E-state index contributed by atoms with van der Waals surface area (Å²) in [6, 6.07) is 0. The standard InChI is InChI=1S/C8H12O3/c1-6(2)10-5-7-3-4-8(9)11-7/h3-4,6-7H,5H2,1-2H3. The minimum absolute atomic E-state index is 0.176. The summed E-state index contributed by atoms with van der Waals surface area (Å²) in [5, 5.41) is 0. The van der Waals surface area contributed by atoms with Crippen molar-refractivity contribution < 1.29 is 14.3 Å². The van der Waals surface area contributed by atoms with Crippen LogP contribution < -0.4 is 0 Å². The molecule has 62 valence electrons. The molecule has 1 aliphatic rings. The second-order valence-electron chi connectivity index (χ2n) is 2.72. The topological polar surface area (TPSA) is 35.5 Å². The largest absolute Gasteiger partial charge is 0.452 e. The van der Waals surface area contributed by atoms with Crippen LogP contribution in [0.15, 0.2) is 12.2 Å². The predicted octanol–water partition coefficient (Wildman–Crippen LogP) is 0.893. The van der Waals surface area contributed by atoms with Gasteiger partial charge in [0.2, 0.25) is 0 Å². The molecule has 0 aromatic carbocycles. The normalized spacial score (nSPS) is 22.8. The molecule has 1 heterocycles. The van der Waals surface area contributed by atoms with Gasteiger partial charge in [-0.15, -0.1) is 0 Å². The number of ether oxygens (including phenoxy) is 2. The van der Waals surface area contributed by atoms with Gasteiger partial charge in [-0.1, -0.05) is 0 Å². The number of hydrogen-bond donors (Lipinski definition) is 0. The van der Waals surface area contributed by atoms with E-state index in [1.165, 1.54) is 6.08 Å². The van der Waals surface area contributed by atoms with Gasteiger partial charge in [0.1, 0.15) is 6.10 Å². The van der Waals surface area contributed by atoms with Crippen molar-refractivity contribution in [2.75, 3.05) is 6.61 Å². The molecular formula is C8H12O3. The molecule has 0 aromatic rings. The van der Waals surface area contributed by atoms with E-state index in [0.29, 0.717) is 6.61 Å². The lowest BCUT2D eigenvalue weighted by Crippen LogP contribution is -2.18. The highest BCUT2D eigenvalue weighted by atomic mass is 16.6. The van der Waals surface area contributed by atoms with Crippen molar-refractivity contribution in [2.45, 2.75) is 26.1 Å². The van der Waals surface area contributed by atoms with E-state index in [1.54, 1.807) is 6.08 Å². The van der Waals surface area contributed by atoms with Crippen molar-refractivity contribution in [3.63, 3.8) is 0 Å². The van der Waals surface area contributed by atoms with E-state index in [4.69, 9.17) is 9.47 Å². The summed E-state index contributed by atoms with van der Waals surface area (Å²) in [6.07, 6.45) is 3.15. The average molecular weight is 156 g/mol. The molecule has 0 amide bonds. The highest BCUT2D eigenvalue weighted by molar-refractivity contribution is 5.84. The maximum atomic E-state index is 10.5. The Labute approximate surface area is 66.0 Å². The maximum Gasteiger partial charge on any atom is 0.331 e. The molecule has 0 saturated heterocycles. The summed E-state index contributed by atoms with van der Waals surface area (Å²) in [4.78, 5) is 10.5. The first kappa shape index (κ1) is 8.27. The minimum atomic E-state index is -0.276. The van der Waals surface area contributed by atoms with E-state index < -0.39 is 0 Å². The molecule has 0 fully saturated rings. The quantitative estimate of drug-likeness (QED) is 0.569. The monoisotopic (exact) mass is 156 g/mol. The summed E-state index contributed by atoms with van der Waals surface area (Å²) in [5.41, 5.74) is 0. The number of hydrogen-bond acceptors (Lipinski definition) is 3. The third-order valence-electron chi connectivity index (χ3n) is 1.31. The molecule has 3 nitrogen and oxygen atoms in total. The van der Waals surface area contributed by atoms with Crippen LogP contribution in [-0.2, 0) is 14.3 Å². The fourth-order valence-electron chi connectivity index (χ4n) is 0.791. The Kier molecular flexibility index (Phi) is 2.65. The molecule has 1 rings (SSSR count). The van der Waals surface area contributed by atoms with Crippen molar-refractivity contribution in [3.05, 3.63) is 12.2 Å². The Morgan fingerprint density at radius 1 is 1.73 bits per heavy atom. The zero-order valence-corrected chi connectivity index (χ0v) is 6.74. The highest BCUT2D eigenvalue weighted by Crippen LogP contribution is 2.05. The minimum Gasteiger partial charge on any atom is -0.452 e. The van der Waals surface area contributed by atoms with Crippen LogP contribution in [0.5, 0.6) is 0 Å². The first-order valence-electron chi connectivity index (χ1n) is 3.69. The van der Waals surface area contributed by atoms with Crippen molar-refractivity contribution in [2.24, 2.45) is 0 Å². The molecule has 0 spiro atoms. The second-order valence-corrected chi connectivity index (χ2v) is 2.72. The third-order valence-corrected chi connectivity index (χ3v) is 1.31. The lowest BCUT2D eigenvalue weighted by atomic mass is 10.3. The van der Waals surface area contributed by atoms with Gasteiger partial charge >= 0.3 is 5.97 Å². The SMILES string of the molecule is CC(C)OCC1C=CC(=O)O1. The lowest BCUT2D eigenvalue weighted by molar-refractivity contribution is -0.141. The molecule has 0 bridgehead atoms. The zero-order chi connectivity index (χ0) is 8.27. The van der Waals surface area contributed by atoms with Crippen LogP contribution in [0.1, 0.15) is 13.8 Å². The van der Waals surface area contributed by atoms with Crippen molar-refractivity contribution in [1.29, 1.82) is 0 Å². The molecule has 0 N–H and O–H groups in total. The van der Waals surface area contributed by atoms with E-state index in [-0.39, 0.29) is 18.2 Å². The summed E-state index contributed by atoms with van der Waals surface area (Å²) in [7, 11) is 0. The number of carbonyl (C=O) groups is 1. The Morgan fingerprint density at radius 3 is 2.91 bits per heavy atom. The van der Waals surface area contributed by atoms with Crippen LogP contribution >= 0.6 is 0 Å². The van der Waals surface area contributed by atoms with Crippen LogP contribution in [0, 0.1) is 0 Å². The van der Waals surface area contributed by atoms with Gasteiger partial charge in [-0.25, -0.2) is 4.79 Å². The van der Waals surface area contributed by atoms with Crippen LogP contribution in [0.4, 0.5) is 0 Å². The van der Waals surface area contributed by atoms with Crippen molar-refractivity contribution in [1.82, 2.24) is 0 Å². The Bertz CT molecular complexity index is 172. The number of carbonyl (C=O) groups excluding carboxylic acids is 1. The third kappa shape index (κ3) is 2.72. The number of cyclic esters (lactones) is 1. The summed E-state index contributed by atoms with van der Waals surface area (Å²) >= 11 is 0. The summed E-state index contributed by atoms with van der Waals surface area (Å²) in [6.45, 7) is 4.35. The van der Waals surface area contributed by atoms with E-state index in [1.807, 2.05) is 13.8 Å². The van der Waals surface area contributed by atoms with Gasteiger partial charge in [0.25, 0.3) is 0 Å². The molecule has 0 saturated carbocycles. The molecule has 1 atom stereocenters. The molecule has 0 aromatic heterocycles. The van der Waals surface area contributed by atoms with Gasteiger partial charge in [-0.3, -0.25) is 0 Å². The summed E-state index contributed by atoms with van der Waals surface area (Å²) in [5.74, 6) is -0.276. The van der Waals surface area contributed by atoms with Crippen LogP contribution in [0.25, 0.3) is 0 Å². The fraction of sp³-hybridized carbons (Fsp3) is 0.625. The van der Waals surface area contributed by atoms with Crippen LogP contribution in [0.3, 0.4) is 0 Å². The van der Waals surface area contributed by atoms with Gasteiger partial charge in [-0.05, 0) is 19.9 Å². The van der Waals surface area contributed by atoms with Gasteiger partial charge in [0.05, 0.1) is 12.7 Å². The van der Waals surface area contributed by atoms with Crippen molar-refractivity contribution in [3.8, 4) is 0 Å². The first-order valence-corrected chi connectivity index (χ1v) is 3.69. The summed E-state index contributed by atoms with van der Waals surface area (Å²) < 4.78 is 10.1. The highest BCUT2D eigenvalue weighted by Gasteiger charge is 2.16. The zero-order valence-electron chi connectivity index (χ0n) is 6.74. The Balaban J connectivity index is 2.19. The van der Waals surface area contributed by atoms with E-state index in [9.17, 15) is 4.79 Å². The molecule has 1 unspecified atom stereocenters. The van der Waals surface area contributed by atoms with Gasteiger partial charge in [0.15, 0.2) is 0 Å². The second kappa shape index (κ2) is 3.53. The molecule has 0 radical (unpaired) electrons. The van der Waals surface area contributed by atoms with Gasteiger partial charge in [-0.2, -0.15) is 0 Å². The fourth-order valence-corrected chi connectivity index (χ4v) is 0.791. The van der Waals surface area contributed by atoms with E-state index in [0.717, 1.165) is 0 Å². The molecule has 11 heavy (non-hydrogen) atoms. The smallest absolute Gasteiger partial charge is 0.331 e. The number of esters is 1. The first-order chi connectivity index (χ1) is 5.18. The van der Waals surface area contributed by atoms with E-state index in [2.05, 4.69) is 0 Å². The molecule has 1 aliphatic heterocycles. The van der Waals surface area contributed by atoms with Gasteiger partial charge < -0.3 is 9.47 Å². The van der Waals surface area contributed by atoms with Crippen LogP contribution in [-0.4, -0.2) is 24.8 Å². The van der Waals surface area contributed by atoms with Crippen LogP contribution in [0.2, 0.25) is 0 Å². The average Bonchev–Trinajstić information content (AvgIpc) is 2.31. The molecule has 3 heteroatoms. The maximum absolute atomic E-state index is 10.5.